The van der Waals surface area contributed by atoms with E-state index >= 15 is 0 Å². The van der Waals surface area contributed by atoms with E-state index < -0.39 is 0 Å². The molecule has 0 saturated heterocycles. The Labute approximate surface area is 124 Å². The maximum atomic E-state index is 11.4. The normalized spacial score (nSPS) is 11.0. The molecule has 108 valence electrons. The van der Waals surface area contributed by atoms with E-state index in [1.54, 1.807) is 13.8 Å². The van der Waals surface area contributed by atoms with Crippen LogP contribution in [0.15, 0.2) is 66.4 Å². The minimum atomic E-state index is -0.363. The number of ether oxygens (including phenoxy) is 2. The number of rotatable bonds is 5. The number of benzene rings is 2. The third-order valence-corrected chi connectivity index (χ3v) is 2.93. The first-order chi connectivity index (χ1) is 10.2. The van der Waals surface area contributed by atoms with Gasteiger partial charge in [0.2, 0.25) is 0 Å². The van der Waals surface area contributed by atoms with Crippen LogP contribution >= 0.6 is 0 Å². The molecular formula is C18H18O3. The van der Waals surface area contributed by atoms with Gasteiger partial charge >= 0.3 is 5.97 Å². The van der Waals surface area contributed by atoms with Crippen molar-refractivity contribution in [1.29, 1.82) is 0 Å². The van der Waals surface area contributed by atoms with E-state index in [9.17, 15) is 4.79 Å². The average molecular weight is 282 g/mol. The third-order valence-electron chi connectivity index (χ3n) is 2.93. The van der Waals surface area contributed by atoms with Gasteiger partial charge in [0.1, 0.15) is 12.0 Å². The van der Waals surface area contributed by atoms with E-state index in [0.717, 1.165) is 11.1 Å². The van der Waals surface area contributed by atoms with Gasteiger partial charge in [-0.15, -0.1) is 0 Å². The van der Waals surface area contributed by atoms with Gasteiger partial charge in [-0.2, -0.15) is 0 Å². The molecule has 3 heteroatoms. The van der Waals surface area contributed by atoms with Gasteiger partial charge in [-0.05, 0) is 37.1 Å². The van der Waals surface area contributed by atoms with Crippen molar-refractivity contribution < 1.29 is 14.3 Å². The summed E-state index contributed by atoms with van der Waals surface area (Å²) < 4.78 is 10.3. The molecule has 2 rings (SSSR count). The number of hydrogen-bond acceptors (Lipinski definition) is 3. The lowest BCUT2D eigenvalue weighted by atomic mass is 10.1. The first-order valence-corrected chi connectivity index (χ1v) is 6.86. The fraction of sp³-hybridized carbons (Fsp3) is 0.167. The lowest BCUT2D eigenvalue weighted by Gasteiger charge is -2.05. The first kappa shape index (κ1) is 14.9. The molecular weight excluding hydrogens is 264 g/mol. The van der Waals surface area contributed by atoms with Gasteiger partial charge in [0.25, 0.3) is 0 Å². The topological polar surface area (TPSA) is 35.5 Å². The molecule has 0 spiro atoms. The van der Waals surface area contributed by atoms with Crippen LogP contribution in [-0.2, 0) is 9.53 Å². The molecule has 0 aliphatic carbocycles. The molecule has 2 aromatic carbocycles. The summed E-state index contributed by atoms with van der Waals surface area (Å²) in [5, 5.41) is 0. The molecule has 0 N–H and O–H groups in total. The molecule has 0 bridgehead atoms. The van der Waals surface area contributed by atoms with E-state index in [4.69, 9.17) is 9.47 Å². The molecule has 0 amide bonds. The lowest BCUT2D eigenvalue weighted by molar-refractivity contribution is -0.138. The van der Waals surface area contributed by atoms with Gasteiger partial charge in [0.15, 0.2) is 0 Å². The van der Waals surface area contributed by atoms with Crippen LogP contribution in [0.1, 0.15) is 13.8 Å². The Kier molecular flexibility index (Phi) is 5.16. The van der Waals surface area contributed by atoms with E-state index in [0.29, 0.717) is 17.9 Å². The van der Waals surface area contributed by atoms with Crippen molar-refractivity contribution in [1.82, 2.24) is 0 Å². The summed E-state index contributed by atoms with van der Waals surface area (Å²) in [7, 11) is 0. The fourth-order valence-corrected chi connectivity index (χ4v) is 1.81. The number of carbonyl (C=O) groups excluding carboxylic acids is 1. The van der Waals surface area contributed by atoms with Crippen molar-refractivity contribution >= 4 is 5.97 Å². The van der Waals surface area contributed by atoms with Gasteiger partial charge in [0.05, 0.1) is 12.2 Å². The zero-order valence-electron chi connectivity index (χ0n) is 12.2. The van der Waals surface area contributed by atoms with Crippen LogP contribution in [0.3, 0.4) is 0 Å². The highest BCUT2D eigenvalue weighted by Gasteiger charge is 2.04. The second kappa shape index (κ2) is 7.29. The van der Waals surface area contributed by atoms with E-state index in [2.05, 4.69) is 12.1 Å². The lowest BCUT2D eigenvalue weighted by Crippen LogP contribution is -2.06. The van der Waals surface area contributed by atoms with Crippen LogP contribution in [0.5, 0.6) is 5.75 Å². The second-order valence-electron chi connectivity index (χ2n) is 4.53. The standard InChI is InChI=1S/C18H18O3/c1-3-20-18(19)14(2)13-21-17-11-9-16(10-12-17)15-7-5-4-6-8-15/h4-13H,3H2,1-2H3/b14-13-. The number of hydrogen-bond donors (Lipinski definition) is 0. The maximum Gasteiger partial charge on any atom is 0.336 e. The SMILES string of the molecule is CCOC(=O)/C(C)=C\Oc1ccc(-c2ccccc2)cc1. The Hall–Kier alpha value is -2.55. The smallest absolute Gasteiger partial charge is 0.336 e. The van der Waals surface area contributed by atoms with Crippen molar-refractivity contribution in [3.05, 3.63) is 66.4 Å². The highest BCUT2D eigenvalue weighted by Crippen LogP contribution is 2.22. The minimum absolute atomic E-state index is 0.357. The Morgan fingerprint density at radius 2 is 1.62 bits per heavy atom. The highest BCUT2D eigenvalue weighted by molar-refractivity contribution is 5.87. The second-order valence-corrected chi connectivity index (χ2v) is 4.53. The summed E-state index contributed by atoms with van der Waals surface area (Å²) >= 11 is 0. The Morgan fingerprint density at radius 3 is 2.24 bits per heavy atom. The average Bonchev–Trinajstić information content (AvgIpc) is 2.54. The Balaban J connectivity index is 2.03. The van der Waals surface area contributed by atoms with Crippen LogP contribution in [0.25, 0.3) is 11.1 Å². The molecule has 0 aromatic heterocycles. The van der Waals surface area contributed by atoms with Gasteiger partial charge in [0, 0.05) is 0 Å². The zero-order chi connectivity index (χ0) is 15.1. The number of carbonyl (C=O) groups is 1. The van der Waals surface area contributed by atoms with Gasteiger partial charge in [-0.25, -0.2) is 4.79 Å². The monoisotopic (exact) mass is 282 g/mol. The largest absolute Gasteiger partial charge is 0.464 e. The summed E-state index contributed by atoms with van der Waals surface area (Å²) in [4.78, 5) is 11.4. The highest BCUT2D eigenvalue weighted by atomic mass is 16.5. The summed E-state index contributed by atoms with van der Waals surface area (Å²) in [5.74, 6) is 0.316. The molecule has 2 aromatic rings. The Morgan fingerprint density at radius 1 is 1.00 bits per heavy atom. The van der Waals surface area contributed by atoms with Gasteiger partial charge in [-0.3, -0.25) is 0 Å². The molecule has 0 atom stereocenters. The van der Waals surface area contributed by atoms with Crippen molar-refractivity contribution in [2.45, 2.75) is 13.8 Å². The predicted molar refractivity (Wildman–Crippen MR) is 82.9 cm³/mol. The van der Waals surface area contributed by atoms with Gasteiger partial charge < -0.3 is 9.47 Å². The quantitative estimate of drug-likeness (QED) is 0.468. The molecule has 0 radical (unpaired) electrons. The van der Waals surface area contributed by atoms with Crippen LogP contribution in [0.2, 0.25) is 0 Å². The van der Waals surface area contributed by atoms with Crippen LogP contribution in [0, 0.1) is 0 Å². The predicted octanol–water partition coefficient (Wildman–Crippen LogP) is 4.20. The molecule has 0 saturated carbocycles. The number of esters is 1. The summed E-state index contributed by atoms with van der Waals surface area (Å²) in [5.41, 5.74) is 2.71. The third kappa shape index (κ3) is 4.21. The molecule has 3 nitrogen and oxygen atoms in total. The molecule has 0 heterocycles. The van der Waals surface area contributed by atoms with Crippen molar-refractivity contribution in [2.24, 2.45) is 0 Å². The van der Waals surface area contributed by atoms with Crippen molar-refractivity contribution in [2.75, 3.05) is 6.61 Å². The molecule has 0 aliphatic heterocycles. The van der Waals surface area contributed by atoms with Crippen molar-refractivity contribution in [3.8, 4) is 16.9 Å². The molecule has 21 heavy (non-hydrogen) atoms. The zero-order valence-corrected chi connectivity index (χ0v) is 12.2. The maximum absolute atomic E-state index is 11.4. The van der Waals surface area contributed by atoms with Crippen LogP contribution < -0.4 is 4.74 Å². The molecule has 0 unspecified atom stereocenters. The fourth-order valence-electron chi connectivity index (χ4n) is 1.81. The van der Waals surface area contributed by atoms with Crippen LogP contribution in [-0.4, -0.2) is 12.6 Å². The van der Waals surface area contributed by atoms with Gasteiger partial charge in [-0.1, -0.05) is 42.5 Å². The summed E-state index contributed by atoms with van der Waals surface area (Å²) in [6, 6.07) is 17.8. The minimum Gasteiger partial charge on any atom is -0.464 e. The van der Waals surface area contributed by atoms with E-state index in [1.165, 1.54) is 6.26 Å². The summed E-state index contributed by atoms with van der Waals surface area (Å²) in [6.07, 6.45) is 1.41. The van der Waals surface area contributed by atoms with E-state index in [-0.39, 0.29) is 5.97 Å². The van der Waals surface area contributed by atoms with Crippen LogP contribution in [0.4, 0.5) is 0 Å². The first-order valence-electron chi connectivity index (χ1n) is 6.86. The Bertz CT molecular complexity index is 613. The van der Waals surface area contributed by atoms with Crippen molar-refractivity contribution in [3.63, 3.8) is 0 Å². The molecule has 0 fully saturated rings. The molecule has 0 aliphatic rings. The summed E-state index contributed by atoms with van der Waals surface area (Å²) in [6.45, 7) is 3.79. The van der Waals surface area contributed by atoms with E-state index in [1.807, 2.05) is 42.5 Å².